The Morgan fingerprint density at radius 3 is 2.13 bits per heavy atom. The van der Waals surface area contributed by atoms with Crippen LogP contribution in [0.5, 0.6) is 0 Å². The Morgan fingerprint density at radius 2 is 1.73 bits per heavy atom. The molecule has 0 rings (SSSR count). The van der Waals surface area contributed by atoms with Gasteiger partial charge in [-0.1, -0.05) is 39.0 Å². The molecule has 0 bridgehead atoms. The molecule has 1 heteroatoms. The summed E-state index contributed by atoms with van der Waals surface area (Å²) in [4.78, 5) is 0. The number of hydrogen-bond acceptors (Lipinski definition) is 1. The van der Waals surface area contributed by atoms with E-state index >= 15 is 0 Å². The Balaban J connectivity index is 3.63. The average Bonchev–Trinajstić information content (AvgIpc) is 2.08. The highest BCUT2D eigenvalue weighted by molar-refractivity contribution is 4.97. The van der Waals surface area contributed by atoms with Crippen molar-refractivity contribution in [3.63, 3.8) is 0 Å². The first-order valence-corrected chi connectivity index (χ1v) is 6.00. The second kappa shape index (κ2) is 7.56. The van der Waals surface area contributed by atoms with Crippen LogP contribution < -0.4 is 5.32 Å². The van der Waals surface area contributed by atoms with E-state index in [1.54, 1.807) is 0 Å². The molecule has 0 saturated carbocycles. The largest absolute Gasteiger partial charge is 0.389 e. The van der Waals surface area contributed by atoms with Crippen LogP contribution in [0.3, 0.4) is 0 Å². The summed E-state index contributed by atoms with van der Waals surface area (Å²) in [5.41, 5.74) is 2.40. The van der Waals surface area contributed by atoms with Gasteiger partial charge in [0.15, 0.2) is 0 Å². The van der Waals surface area contributed by atoms with Crippen molar-refractivity contribution < 1.29 is 0 Å². The quantitative estimate of drug-likeness (QED) is 0.468. The van der Waals surface area contributed by atoms with Gasteiger partial charge in [0.1, 0.15) is 0 Å². The maximum absolute atomic E-state index is 4.07. The summed E-state index contributed by atoms with van der Waals surface area (Å²) in [5.74, 6) is 1.41. The minimum absolute atomic E-state index is 0.690. The van der Waals surface area contributed by atoms with E-state index in [0.717, 1.165) is 18.2 Å². The second-order valence-electron chi connectivity index (χ2n) is 4.90. The van der Waals surface area contributed by atoms with Crippen LogP contribution in [0.25, 0.3) is 0 Å². The lowest BCUT2D eigenvalue weighted by molar-refractivity contribution is 0.399. The highest BCUT2D eigenvalue weighted by atomic mass is 14.9. The van der Waals surface area contributed by atoms with E-state index < -0.39 is 0 Å². The molecule has 0 aromatic heterocycles. The number of hydrogen-bond donors (Lipinski definition) is 1. The summed E-state index contributed by atoms with van der Waals surface area (Å²) in [5, 5.41) is 3.26. The standard InChI is InChI=1S/C14H27N/c1-11(2)14(12(3)4)9-7-8-10-15-13(5)6/h12,14-15H,1,5,7-10H2,2-4,6H3. The lowest BCUT2D eigenvalue weighted by Crippen LogP contribution is -2.13. The van der Waals surface area contributed by atoms with E-state index in [2.05, 4.69) is 39.2 Å². The van der Waals surface area contributed by atoms with E-state index in [1.165, 1.54) is 24.8 Å². The summed E-state index contributed by atoms with van der Waals surface area (Å²) < 4.78 is 0. The van der Waals surface area contributed by atoms with Crippen molar-refractivity contribution >= 4 is 0 Å². The molecular formula is C14H27N. The summed E-state index contributed by atoms with van der Waals surface area (Å²) in [6.45, 7) is 17.7. The van der Waals surface area contributed by atoms with Gasteiger partial charge in [-0.2, -0.15) is 0 Å². The van der Waals surface area contributed by atoms with Crippen LogP contribution >= 0.6 is 0 Å². The fourth-order valence-electron chi connectivity index (χ4n) is 1.94. The number of nitrogens with one attached hydrogen (secondary N) is 1. The molecule has 0 aromatic carbocycles. The normalized spacial score (nSPS) is 12.6. The Hall–Kier alpha value is -0.720. The molecule has 15 heavy (non-hydrogen) atoms. The van der Waals surface area contributed by atoms with Crippen LogP contribution in [0, 0.1) is 11.8 Å². The van der Waals surface area contributed by atoms with Crippen molar-refractivity contribution in [1.82, 2.24) is 5.32 Å². The molecule has 1 nitrogen and oxygen atoms in total. The number of unbranched alkanes of at least 4 members (excludes halogenated alkanes) is 1. The van der Waals surface area contributed by atoms with Gasteiger partial charge in [-0.25, -0.2) is 0 Å². The molecule has 0 heterocycles. The molecule has 1 unspecified atom stereocenters. The zero-order valence-electron chi connectivity index (χ0n) is 10.9. The first-order valence-electron chi connectivity index (χ1n) is 6.00. The fraction of sp³-hybridized carbons (Fsp3) is 0.714. The minimum atomic E-state index is 0.690. The lowest BCUT2D eigenvalue weighted by Gasteiger charge is -2.21. The molecule has 0 fully saturated rings. The third kappa shape index (κ3) is 7.24. The van der Waals surface area contributed by atoms with Gasteiger partial charge in [0.25, 0.3) is 0 Å². The molecule has 0 aliphatic carbocycles. The molecule has 0 radical (unpaired) electrons. The monoisotopic (exact) mass is 209 g/mol. The first kappa shape index (κ1) is 14.3. The smallest absolute Gasteiger partial charge is 0.0143 e. The Morgan fingerprint density at radius 1 is 1.13 bits per heavy atom. The second-order valence-corrected chi connectivity index (χ2v) is 4.90. The summed E-state index contributed by atoms with van der Waals surface area (Å²) in [7, 11) is 0. The van der Waals surface area contributed by atoms with Crippen LogP contribution in [0.4, 0.5) is 0 Å². The minimum Gasteiger partial charge on any atom is -0.389 e. The van der Waals surface area contributed by atoms with Crippen LogP contribution in [-0.2, 0) is 0 Å². The molecule has 0 saturated heterocycles. The fourth-order valence-corrected chi connectivity index (χ4v) is 1.94. The van der Waals surface area contributed by atoms with Gasteiger partial charge in [-0.3, -0.25) is 0 Å². The molecule has 0 spiro atoms. The van der Waals surface area contributed by atoms with Crippen molar-refractivity contribution in [3.05, 3.63) is 24.4 Å². The molecule has 0 amide bonds. The van der Waals surface area contributed by atoms with E-state index in [9.17, 15) is 0 Å². The van der Waals surface area contributed by atoms with Crippen LogP contribution in [0.15, 0.2) is 24.4 Å². The van der Waals surface area contributed by atoms with Crippen molar-refractivity contribution in [2.75, 3.05) is 6.54 Å². The average molecular weight is 209 g/mol. The predicted molar refractivity (Wildman–Crippen MR) is 69.8 cm³/mol. The summed E-state index contributed by atoms with van der Waals surface area (Å²) in [6.07, 6.45) is 3.77. The van der Waals surface area contributed by atoms with Gasteiger partial charge in [-0.15, -0.1) is 0 Å². The van der Waals surface area contributed by atoms with Crippen molar-refractivity contribution in [3.8, 4) is 0 Å². The third-order valence-electron chi connectivity index (χ3n) is 2.81. The van der Waals surface area contributed by atoms with E-state index in [4.69, 9.17) is 0 Å². The molecule has 0 aliphatic rings. The van der Waals surface area contributed by atoms with Gasteiger partial charge in [0.2, 0.25) is 0 Å². The zero-order chi connectivity index (χ0) is 11.8. The highest BCUT2D eigenvalue weighted by Crippen LogP contribution is 2.24. The van der Waals surface area contributed by atoms with Gasteiger partial charge >= 0.3 is 0 Å². The number of allylic oxidation sites excluding steroid dienone is 2. The Labute approximate surface area is 95.7 Å². The zero-order valence-corrected chi connectivity index (χ0v) is 10.9. The van der Waals surface area contributed by atoms with Crippen LogP contribution in [0.2, 0.25) is 0 Å². The summed E-state index contributed by atoms with van der Waals surface area (Å²) >= 11 is 0. The first-order chi connectivity index (χ1) is 6.95. The molecule has 0 aliphatic heterocycles. The van der Waals surface area contributed by atoms with Crippen molar-refractivity contribution in [2.45, 2.75) is 47.0 Å². The summed E-state index contributed by atoms with van der Waals surface area (Å²) in [6, 6.07) is 0. The highest BCUT2D eigenvalue weighted by Gasteiger charge is 2.12. The molecule has 1 atom stereocenters. The third-order valence-corrected chi connectivity index (χ3v) is 2.81. The Kier molecular flexibility index (Phi) is 7.19. The topological polar surface area (TPSA) is 12.0 Å². The van der Waals surface area contributed by atoms with Gasteiger partial charge in [0, 0.05) is 12.2 Å². The molecular weight excluding hydrogens is 182 g/mol. The van der Waals surface area contributed by atoms with Crippen LogP contribution in [-0.4, -0.2) is 6.54 Å². The van der Waals surface area contributed by atoms with Crippen LogP contribution in [0.1, 0.15) is 47.0 Å². The maximum Gasteiger partial charge on any atom is 0.0143 e. The van der Waals surface area contributed by atoms with Crippen molar-refractivity contribution in [1.29, 1.82) is 0 Å². The molecule has 0 aromatic rings. The lowest BCUT2D eigenvalue weighted by atomic mass is 9.85. The van der Waals surface area contributed by atoms with E-state index in [0.29, 0.717) is 5.92 Å². The Bertz CT molecular complexity index is 203. The van der Waals surface area contributed by atoms with Crippen molar-refractivity contribution in [2.24, 2.45) is 11.8 Å². The molecule has 88 valence electrons. The SMILES string of the molecule is C=C(C)NCCCCC(C(=C)C)C(C)C. The van der Waals surface area contributed by atoms with Gasteiger partial charge in [-0.05, 0) is 38.5 Å². The van der Waals surface area contributed by atoms with E-state index in [1.807, 2.05) is 6.92 Å². The molecule has 1 N–H and O–H groups in total. The predicted octanol–water partition coefficient (Wildman–Crippen LogP) is 4.13. The van der Waals surface area contributed by atoms with E-state index in [-0.39, 0.29) is 0 Å². The van der Waals surface area contributed by atoms with Gasteiger partial charge in [0.05, 0.1) is 0 Å². The maximum atomic E-state index is 4.07. The number of rotatable bonds is 8. The van der Waals surface area contributed by atoms with Gasteiger partial charge < -0.3 is 5.32 Å².